The molecule has 2 atom stereocenters. The highest BCUT2D eigenvalue weighted by atomic mass is 19.4. The number of aromatic nitrogens is 2. The van der Waals surface area contributed by atoms with Crippen molar-refractivity contribution in [3.05, 3.63) is 11.7 Å². The van der Waals surface area contributed by atoms with Crippen LogP contribution in [0.4, 0.5) is 13.2 Å². The Balaban J connectivity index is 1.86. The Bertz CT molecular complexity index is 406. The maximum Gasteiger partial charge on any atom is 0.389 e. The number of halogens is 3. The number of alkyl halides is 3. The van der Waals surface area contributed by atoms with E-state index in [0.29, 0.717) is 12.3 Å². The number of hydrogen-bond acceptors (Lipinski definition) is 4. The summed E-state index contributed by atoms with van der Waals surface area (Å²) >= 11 is 0. The highest BCUT2D eigenvalue weighted by Gasteiger charge is 2.28. The molecular formula is C12H17F3N2O2. The molecule has 2 unspecified atom stereocenters. The zero-order chi connectivity index (χ0) is 13.9. The van der Waals surface area contributed by atoms with Crippen LogP contribution in [0.25, 0.3) is 0 Å². The molecule has 2 rings (SSSR count). The molecule has 19 heavy (non-hydrogen) atoms. The van der Waals surface area contributed by atoms with E-state index >= 15 is 0 Å². The molecule has 1 fully saturated rings. The number of aliphatic hydroxyl groups is 1. The Hall–Kier alpha value is -1.11. The van der Waals surface area contributed by atoms with Crippen molar-refractivity contribution in [2.45, 2.75) is 57.2 Å². The Morgan fingerprint density at radius 3 is 2.68 bits per heavy atom. The van der Waals surface area contributed by atoms with Crippen LogP contribution in [-0.2, 0) is 12.8 Å². The van der Waals surface area contributed by atoms with Crippen LogP contribution in [0.15, 0.2) is 4.52 Å². The van der Waals surface area contributed by atoms with E-state index in [1.165, 1.54) is 0 Å². The lowest BCUT2D eigenvalue weighted by Crippen LogP contribution is -2.26. The molecule has 1 N–H and O–H groups in total. The lowest BCUT2D eigenvalue weighted by atomic mass is 9.84. The summed E-state index contributed by atoms with van der Waals surface area (Å²) in [6.45, 7) is 0. The molecule has 1 aromatic heterocycles. The van der Waals surface area contributed by atoms with Crippen LogP contribution in [0.2, 0.25) is 0 Å². The Morgan fingerprint density at radius 1 is 1.26 bits per heavy atom. The van der Waals surface area contributed by atoms with Gasteiger partial charge in [0.15, 0.2) is 5.82 Å². The summed E-state index contributed by atoms with van der Waals surface area (Å²) in [6.07, 6.45) is -1.63. The van der Waals surface area contributed by atoms with Crippen molar-refractivity contribution in [2.24, 2.45) is 5.92 Å². The first kappa shape index (κ1) is 14.3. The molecule has 0 aliphatic heterocycles. The van der Waals surface area contributed by atoms with Gasteiger partial charge in [-0.1, -0.05) is 18.0 Å². The molecule has 1 aliphatic carbocycles. The van der Waals surface area contributed by atoms with Crippen LogP contribution < -0.4 is 0 Å². The summed E-state index contributed by atoms with van der Waals surface area (Å²) in [5.41, 5.74) is 0. The van der Waals surface area contributed by atoms with Gasteiger partial charge in [0.05, 0.1) is 12.5 Å². The molecule has 4 nitrogen and oxygen atoms in total. The van der Waals surface area contributed by atoms with E-state index in [2.05, 4.69) is 10.1 Å². The summed E-state index contributed by atoms with van der Waals surface area (Å²) < 4.78 is 41.1. The fraction of sp³-hybridized carbons (Fsp3) is 0.833. The maximum atomic E-state index is 12.1. The van der Waals surface area contributed by atoms with Gasteiger partial charge in [0.1, 0.15) is 0 Å². The monoisotopic (exact) mass is 278 g/mol. The number of hydrogen-bond donors (Lipinski definition) is 1. The third-order valence-corrected chi connectivity index (χ3v) is 3.45. The first-order valence-electron chi connectivity index (χ1n) is 6.50. The van der Waals surface area contributed by atoms with E-state index in [4.69, 9.17) is 4.52 Å². The topological polar surface area (TPSA) is 59.2 Å². The van der Waals surface area contributed by atoms with E-state index in [0.717, 1.165) is 25.7 Å². The van der Waals surface area contributed by atoms with Gasteiger partial charge in [-0.2, -0.15) is 18.2 Å². The molecule has 1 heterocycles. The normalized spacial score (nSPS) is 24.6. The van der Waals surface area contributed by atoms with Gasteiger partial charge in [0.2, 0.25) is 5.89 Å². The molecule has 0 bridgehead atoms. The minimum Gasteiger partial charge on any atom is -0.393 e. The van der Waals surface area contributed by atoms with Gasteiger partial charge in [-0.3, -0.25) is 0 Å². The predicted octanol–water partition coefficient (Wildman–Crippen LogP) is 2.66. The Morgan fingerprint density at radius 2 is 2.00 bits per heavy atom. The molecule has 7 heteroatoms. The SMILES string of the molecule is OC1CCCCC1Cc1nc(CCC(F)(F)F)no1. The summed E-state index contributed by atoms with van der Waals surface area (Å²) in [5.74, 6) is 0.477. The highest BCUT2D eigenvalue weighted by Crippen LogP contribution is 2.27. The highest BCUT2D eigenvalue weighted by molar-refractivity contribution is 4.91. The minimum atomic E-state index is -4.21. The van der Waals surface area contributed by atoms with Crippen molar-refractivity contribution in [1.29, 1.82) is 0 Å². The Labute approximate surface area is 109 Å². The molecule has 108 valence electrons. The molecule has 1 saturated carbocycles. The second-order valence-corrected chi connectivity index (χ2v) is 5.04. The summed E-state index contributed by atoms with van der Waals surface area (Å²) in [5, 5.41) is 13.4. The summed E-state index contributed by atoms with van der Waals surface area (Å²) in [6, 6.07) is 0. The molecule has 0 radical (unpaired) electrons. The van der Waals surface area contributed by atoms with Crippen molar-refractivity contribution < 1.29 is 22.8 Å². The first-order valence-corrected chi connectivity index (χ1v) is 6.50. The van der Waals surface area contributed by atoms with Gasteiger partial charge in [-0.25, -0.2) is 0 Å². The predicted molar refractivity (Wildman–Crippen MR) is 60.3 cm³/mol. The standard InChI is InChI=1S/C12H17F3N2O2/c13-12(14,15)6-5-10-16-11(19-17-10)7-8-3-1-2-4-9(8)18/h8-9,18H,1-7H2. The lowest BCUT2D eigenvalue weighted by Gasteiger charge is -2.26. The van der Waals surface area contributed by atoms with Gasteiger partial charge in [-0.05, 0) is 18.8 Å². The molecule has 1 aromatic rings. The van der Waals surface area contributed by atoms with Crippen molar-refractivity contribution in [3.63, 3.8) is 0 Å². The molecule has 0 spiro atoms. The number of nitrogens with zero attached hydrogens (tertiary/aromatic N) is 2. The third kappa shape index (κ3) is 4.49. The molecule has 0 saturated heterocycles. The minimum absolute atomic E-state index is 0.0738. The van der Waals surface area contributed by atoms with Crippen molar-refractivity contribution in [3.8, 4) is 0 Å². The second kappa shape index (κ2) is 5.90. The molecule has 0 amide bonds. The largest absolute Gasteiger partial charge is 0.393 e. The van der Waals surface area contributed by atoms with E-state index in [9.17, 15) is 18.3 Å². The van der Waals surface area contributed by atoms with Gasteiger partial charge >= 0.3 is 6.18 Å². The lowest BCUT2D eigenvalue weighted by molar-refractivity contribution is -0.134. The number of aliphatic hydroxyl groups excluding tert-OH is 1. The van der Waals surface area contributed by atoms with E-state index in [-0.39, 0.29) is 24.3 Å². The van der Waals surface area contributed by atoms with E-state index < -0.39 is 12.6 Å². The van der Waals surface area contributed by atoms with Crippen LogP contribution >= 0.6 is 0 Å². The fourth-order valence-electron chi connectivity index (χ4n) is 2.38. The van der Waals surface area contributed by atoms with Crippen LogP contribution in [0, 0.1) is 5.92 Å². The second-order valence-electron chi connectivity index (χ2n) is 5.04. The summed E-state index contributed by atoms with van der Waals surface area (Å²) in [4.78, 5) is 3.95. The smallest absolute Gasteiger partial charge is 0.389 e. The van der Waals surface area contributed by atoms with Crippen LogP contribution in [-0.4, -0.2) is 27.5 Å². The van der Waals surface area contributed by atoms with E-state index in [1.54, 1.807) is 0 Å². The first-order chi connectivity index (χ1) is 8.94. The van der Waals surface area contributed by atoms with Crippen LogP contribution in [0.3, 0.4) is 0 Å². The average molecular weight is 278 g/mol. The van der Waals surface area contributed by atoms with Gasteiger partial charge in [0, 0.05) is 12.8 Å². The fourth-order valence-corrected chi connectivity index (χ4v) is 2.38. The molecular weight excluding hydrogens is 261 g/mol. The molecule has 1 aliphatic rings. The van der Waals surface area contributed by atoms with Gasteiger partial charge in [0.25, 0.3) is 0 Å². The number of rotatable bonds is 4. The molecule has 0 aromatic carbocycles. The van der Waals surface area contributed by atoms with Gasteiger partial charge in [-0.15, -0.1) is 0 Å². The average Bonchev–Trinajstić information content (AvgIpc) is 2.77. The quantitative estimate of drug-likeness (QED) is 0.919. The number of aryl methyl sites for hydroxylation is 1. The third-order valence-electron chi connectivity index (χ3n) is 3.45. The van der Waals surface area contributed by atoms with Crippen molar-refractivity contribution in [2.75, 3.05) is 0 Å². The van der Waals surface area contributed by atoms with Crippen LogP contribution in [0.5, 0.6) is 0 Å². The maximum absolute atomic E-state index is 12.1. The van der Waals surface area contributed by atoms with Crippen molar-refractivity contribution in [1.82, 2.24) is 10.1 Å². The zero-order valence-corrected chi connectivity index (χ0v) is 10.5. The van der Waals surface area contributed by atoms with Gasteiger partial charge < -0.3 is 9.63 Å². The summed E-state index contributed by atoms with van der Waals surface area (Å²) in [7, 11) is 0. The van der Waals surface area contributed by atoms with E-state index in [1.807, 2.05) is 0 Å². The zero-order valence-electron chi connectivity index (χ0n) is 10.5. The van der Waals surface area contributed by atoms with Crippen LogP contribution in [0.1, 0.15) is 43.8 Å². The van der Waals surface area contributed by atoms with Crippen molar-refractivity contribution >= 4 is 0 Å². The Kier molecular flexibility index (Phi) is 4.44.